The lowest BCUT2D eigenvalue weighted by atomic mass is 10.2. The lowest BCUT2D eigenvalue weighted by Crippen LogP contribution is -2.35. The molecule has 1 unspecified atom stereocenters. The highest BCUT2D eigenvalue weighted by Gasteiger charge is 2.24. The zero-order chi connectivity index (χ0) is 16.2. The lowest BCUT2D eigenvalue weighted by Gasteiger charge is -2.12. The van der Waals surface area contributed by atoms with E-state index in [1.165, 1.54) is 11.3 Å². The zero-order valence-electron chi connectivity index (χ0n) is 12.9. The molecule has 0 aliphatic carbocycles. The standard InChI is InChI=1S/C16H19N3O3S/c1-11(8-13-4-3-7-22-13)17-14(20)9-12-10-23-16(18-12)19-6-2-5-15(19)21/h3-4,7,10-11H,2,5-6,8-9H2,1H3,(H,17,20). The Morgan fingerprint density at radius 1 is 1.57 bits per heavy atom. The van der Waals surface area contributed by atoms with Gasteiger partial charge in [0.2, 0.25) is 11.8 Å². The van der Waals surface area contributed by atoms with Gasteiger partial charge in [0.15, 0.2) is 5.13 Å². The van der Waals surface area contributed by atoms with Crippen molar-refractivity contribution in [3.63, 3.8) is 0 Å². The molecule has 1 fully saturated rings. The van der Waals surface area contributed by atoms with Gasteiger partial charge in [0.25, 0.3) is 0 Å². The molecule has 0 spiro atoms. The van der Waals surface area contributed by atoms with Crippen molar-refractivity contribution >= 4 is 28.3 Å². The molecular weight excluding hydrogens is 314 g/mol. The fraction of sp³-hybridized carbons (Fsp3) is 0.438. The molecule has 1 atom stereocenters. The summed E-state index contributed by atoms with van der Waals surface area (Å²) in [6.45, 7) is 2.66. The van der Waals surface area contributed by atoms with Crippen LogP contribution in [0.2, 0.25) is 0 Å². The molecule has 0 aromatic carbocycles. The Hall–Kier alpha value is -2.15. The van der Waals surface area contributed by atoms with Crippen molar-refractivity contribution in [1.82, 2.24) is 10.3 Å². The van der Waals surface area contributed by atoms with Gasteiger partial charge in [-0.15, -0.1) is 11.3 Å². The number of carbonyl (C=O) groups excluding carboxylic acids is 2. The minimum absolute atomic E-state index is 0.00749. The van der Waals surface area contributed by atoms with Crippen LogP contribution in [0.5, 0.6) is 0 Å². The molecule has 0 bridgehead atoms. The van der Waals surface area contributed by atoms with E-state index in [2.05, 4.69) is 10.3 Å². The predicted molar refractivity (Wildman–Crippen MR) is 87.4 cm³/mol. The normalized spacial score (nSPS) is 15.9. The summed E-state index contributed by atoms with van der Waals surface area (Å²) < 4.78 is 5.27. The number of carbonyl (C=O) groups is 2. The number of nitrogens with zero attached hydrogens (tertiary/aromatic N) is 2. The van der Waals surface area contributed by atoms with Crippen LogP contribution >= 0.6 is 11.3 Å². The van der Waals surface area contributed by atoms with Gasteiger partial charge in [-0.1, -0.05) is 0 Å². The molecule has 1 N–H and O–H groups in total. The fourth-order valence-electron chi connectivity index (χ4n) is 2.62. The monoisotopic (exact) mass is 333 g/mol. The molecule has 2 aromatic rings. The highest BCUT2D eigenvalue weighted by molar-refractivity contribution is 7.14. The molecule has 122 valence electrons. The number of rotatable bonds is 6. The van der Waals surface area contributed by atoms with Crippen molar-refractivity contribution < 1.29 is 14.0 Å². The molecule has 23 heavy (non-hydrogen) atoms. The molecule has 7 heteroatoms. The van der Waals surface area contributed by atoms with Crippen LogP contribution in [0.25, 0.3) is 0 Å². The van der Waals surface area contributed by atoms with Crippen LogP contribution in [0.1, 0.15) is 31.2 Å². The maximum atomic E-state index is 12.1. The Bertz CT molecular complexity index is 681. The number of anilines is 1. The zero-order valence-corrected chi connectivity index (χ0v) is 13.8. The third-order valence-corrected chi connectivity index (χ3v) is 4.59. The van der Waals surface area contributed by atoms with E-state index in [4.69, 9.17) is 4.42 Å². The van der Waals surface area contributed by atoms with Crippen LogP contribution in [-0.2, 0) is 22.4 Å². The minimum atomic E-state index is -0.0753. The van der Waals surface area contributed by atoms with E-state index in [9.17, 15) is 9.59 Å². The fourth-order valence-corrected chi connectivity index (χ4v) is 3.49. The Morgan fingerprint density at radius 2 is 2.43 bits per heavy atom. The maximum absolute atomic E-state index is 12.1. The summed E-state index contributed by atoms with van der Waals surface area (Å²) >= 11 is 1.41. The van der Waals surface area contributed by atoms with Gasteiger partial charge in [0, 0.05) is 30.8 Å². The van der Waals surface area contributed by atoms with Gasteiger partial charge < -0.3 is 9.73 Å². The molecule has 0 radical (unpaired) electrons. The van der Waals surface area contributed by atoms with E-state index < -0.39 is 0 Å². The number of aromatic nitrogens is 1. The van der Waals surface area contributed by atoms with Gasteiger partial charge >= 0.3 is 0 Å². The van der Waals surface area contributed by atoms with Crippen LogP contribution in [0.15, 0.2) is 28.2 Å². The van der Waals surface area contributed by atoms with Crippen LogP contribution in [0, 0.1) is 0 Å². The molecule has 3 rings (SSSR count). The first-order chi connectivity index (χ1) is 11.1. The smallest absolute Gasteiger partial charge is 0.228 e. The summed E-state index contributed by atoms with van der Waals surface area (Å²) in [4.78, 5) is 29.9. The third-order valence-electron chi connectivity index (χ3n) is 3.68. The number of furan rings is 1. The van der Waals surface area contributed by atoms with Gasteiger partial charge in [0.1, 0.15) is 5.76 Å². The van der Waals surface area contributed by atoms with Gasteiger partial charge in [-0.2, -0.15) is 0 Å². The SMILES string of the molecule is CC(Cc1ccco1)NC(=O)Cc1csc(N2CCCC2=O)n1. The van der Waals surface area contributed by atoms with Gasteiger partial charge in [-0.25, -0.2) is 4.98 Å². The van der Waals surface area contributed by atoms with Crippen LogP contribution < -0.4 is 10.2 Å². The number of thiazole rings is 1. The number of hydrogen-bond acceptors (Lipinski definition) is 5. The predicted octanol–water partition coefficient (Wildman–Crippen LogP) is 2.15. The van der Waals surface area contributed by atoms with E-state index in [1.807, 2.05) is 24.4 Å². The highest BCUT2D eigenvalue weighted by atomic mass is 32.1. The van der Waals surface area contributed by atoms with Crippen molar-refractivity contribution in [3.05, 3.63) is 35.2 Å². The lowest BCUT2D eigenvalue weighted by molar-refractivity contribution is -0.121. The maximum Gasteiger partial charge on any atom is 0.228 e. The van der Waals surface area contributed by atoms with E-state index in [1.54, 1.807) is 11.2 Å². The molecular formula is C16H19N3O3S. The Kier molecular flexibility index (Phi) is 4.76. The van der Waals surface area contributed by atoms with E-state index >= 15 is 0 Å². The molecule has 1 aliphatic heterocycles. The quantitative estimate of drug-likeness (QED) is 0.879. The number of amides is 2. The molecule has 6 nitrogen and oxygen atoms in total. The van der Waals surface area contributed by atoms with Crippen LogP contribution in [0.4, 0.5) is 5.13 Å². The van der Waals surface area contributed by atoms with Crippen molar-refractivity contribution in [1.29, 1.82) is 0 Å². The first-order valence-electron chi connectivity index (χ1n) is 7.68. The molecule has 2 amide bonds. The van der Waals surface area contributed by atoms with Gasteiger partial charge in [-0.3, -0.25) is 14.5 Å². The third kappa shape index (κ3) is 3.98. The van der Waals surface area contributed by atoms with E-state index in [-0.39, 0.29) is 24.3 Å². The van der Waals surface area contributed by atoms with Crippen LogP contribution in [0.3, 0.4) is 0 Å². The summed E-state index contributed by atoms with van der Waals surface area (Å²) in [7, 11) is 0. The molecule has 1 saturated heterocycles. The molecule has 1 aliphatic rings. The Balaban J connectivity index is 1.51. The Labute approximate surface area is 138 Å². The van der Waals surface area contributed by atoms with E-state index in [0.717, 1.165) is 18.7 Å². The highest BCUT2D eigenvalue weighted by Crippen LogP contribution is 2.25. The second-order valence-electron chi connectivity index (χ2n) is 5.70. The second-order valence-corrected chi connectivity index (χ2v) is 6.54. The van der Waals surface area contributed by atoms with Crippen molar-refractivity contribution in [2.75, 3.05) is 11.4 Å². The van der Waals surface area contributed by atoms with E-state index in [0.29, 0.717) is 23.7 Å². The number of nitrogens with one attached hydrogen (secondary N) is 1. The first kappa shape index (κ1) is 15.7. The van der Waals surface area contributed by atoms with Crippen molar-refractivity contribution in [3.8, 4) is 0 Å². The summed E-state index contributed by atoms with van der Waals surface area (Å²) in [5.41, 5.74) is 0.701. The van der Waals surface area contributed by atoms with Crippen LogP contribution in [-0.4, -0.2) is 29.4 Å². The number of hydrogen-bond donors (Lipinski definition) is 1. The topological polar surface area (TPSA) is 75.4 Å². The van der Waals surface area contributed by atoms with Gasteiger partial charge in [-0.05, 0) is 25.5 Å². The average molecular weight is 333 g/mol. The largest absolute Gasteiger partial charge is 0.469 e. The summed E-state index contributed by atoms with van der Waals surface area (Å²) in [6, 6.07) is 3.72. The van der Waals surface area contributed by atoms with Crippen molar-refractivity contribution in [2.45, 2.75) is 38.6 Å². The summed E-state index contributed by atoms with van der Waals surface area (Å²) in [5.74, 6) is 0.886. The molecule has 0 saturated carbocycles. The second kappa shape index (κ2) is 6.95. The molecule has 2 aromatic heterocycles. The average Bonchev–Trinajstić information content (AvgIpc) is 3.20. The van der Waals surface area contributed by atoms with Crippen molar-refractivity contribution in [2.24, 2.45) is 0 Å². The summed E-state index contributed by atoms with van der Waals surface area (Å²) in [6.07, 6.45) is 3.96. The molecule has 3 heterocycles. The summed E-state index contributed by atoms with van der Waals surface area (Å²) in [5, 5.41) is 5.48. The first-order valence-corrected chi connectivity index (χ1v) is 8.56. The van der Waals surface area contributed by atoms with Gasteiger partial charge in [0.05, 0.1) is 18.4 Å². The Morgan fingerprint density at radius 3 is 3.13 bits per heavy atom. The minimum Gasteiger partial charge on any atom is -0.469 e.